The van der Waals surface area contributed by atoms with Crippen molar-refractivity contribution in [3.63, 3.8) is 0 Å². The summed E-state index contributed by atoms with van der Waals surface area (Å²) in [5.74, 6) is -3.41. The highest BCUT2D eigenvalue weighted by atomic mass is 79.9. The first kappa shape index (κ1) is 15.8. The van der Waals surface area contributed by atoms with Crippen LogP contribution < -0.4 is 5.32 Å². The van der Waals surface area contributed by atoms with Gasteiger partial charge in [-0.3, -0.25) is 4.98 Å². The normalized spacial score (nSPS) is 11.6. The molecule has 2 rings (SSSR count). The molecule has 4 nitrogen and oxygen atoms in total. The van der Waals surface area contributed by atoms with Gasteiger partial charge in [0, 0.05) is 16.4 Å². The molecule has 0 atom stereocenters. The van der Waals surface area contributed by atoms with Crippen molar-refractivity contribution in [3.8, 4) is 0 Å². The van der Waals surface area contributed by atoms with Crippen LogP contribution in [0.3, 0.4) is 0 Å². The highest BCUT2D eigenvalue weighted by Gasteiger charge is 2.26. The van der Waals surface area contributed by atoms with Crippen molar-refractivity contribution >= 4 is 31.5 Å². The summed E-state index contributed by atoms with van der Waals surface area (Å²) in [7, 11) is -4.54. The molecule has 0 fully saturated rings. The maximum atomic E-state index is 12.4. The van der Waals surface area contributed by atoms with Crippen molar-refractivity contribution in [2.45, 2.75) is 17.2 Å². The molecule has 1 aromatic carbocycles. The molecule has 0 aliphatic rings. The highest BCUT2D eigenvalue weighted by molar-refractivity contribution is 9.10. The minimum Gasteiger partial charge on any atom is -0.379 e. The molecule has 0 saturated carbocycles. The number of aromatic nitrogens is 1. The molecule has 2 aromatic rings. The zero-order valence-corrected chi connectivity index (χ0v) is 13.0. The number of alkyl halides is 2. The smallest absolute Gasteiger partial charge is 0.341 e. The first-order chi connectivity index (χ1) is 9.89. The van der Waals surface area contributed by atoms with E-state index in [0.717, 1.165) is 22.3 Å². The molecule has 112 valence electrons. The number of pyridine rings is 1. The Morgan fingerprint density at radius 3 is 2.33 bits per heavy atom. The van der Waals surface area contributed by atoms with E-state index in [1.807, 2.05) is 12.1 Å². The van der Waals surface area contributed by atoms with Gasteiger partial charge < -0.3 is 5.32 Å². The molecule has 21 heavy (non-hydrogen) atoms. The Morgan fingerprint density at radius 2 is 1.81 bits per heavy atom. The van der Waals surface area contributed by atoms with Crippen LogP contribution in [0.4, 0.5) is 14.5 Å². The maximum Gasteiger partial charge on any atom is 0.341 e. The monoisotopic (exact) mass is 376 g/mol. The van der Waals surface area contributed by atoms with E-state index in [1.54, 1.807) is 6.20 Å². The number of hydrogen-bond acceptors (Lipinski definition) is 4. The lowest BCUT2D eigenvalue weighted by Gasteiger charge is -2.07. The number of nitrogens with one attached hydrogen (secondary N) is 1. The van der Waals surface area contributed by atoms with Crippen molar-refractivity contribution in [1.82, 2.24) is 4.98 Å². The summed E-state index contributed by atoms with van der Waals surface area (Å²) in [4.78, 5) is 3.77. The van der Waals surface area contributed by atoms with Gasteiger partial charge in [0.15, 0.2) is 0 Å². The van der Waals surface area contributed by atoms with Crippen LogP contribution in [0, 0.1) is 0 Å². The van der Waals surface area contributed by atoms with Gasteiger partial charge in [0.1, 0.15) is 0 Å². The molecule has 1 N–H and O–H groups in total. The molecule has 0 radical (unpaired) electrons. The number of rotatable bonds is 5. The van der Waals surface area contributed by atoms with Crippen LogP contribution in [0.5, 0.6) is 0 Å². The number of anilines is 1. The minimum absolute atomic E-state index is 0.398. The van der Waals surface area contributed by atoms with Crippen LogP contribution in [0.2, 0.25) is 0 Å². The predicted octanol–water partition coefficient (Wildman–Crippen LogP) is 3.45. The van der Waals surface area contributed by atoms with Crippen LogP contribution in [-0.4, -0.2) is 19.2 Å². The fraction of sp³-hybridized carbons (Fsp3) is 0.154. The Balaban J connectivity index is 2.05. The Kier molecular flexibility index (Phi) is 4.89. The first-order valence-corrected chi connectivity index (χ1v) is 8.20. The van der Waals surface area contributed by atoms with Crippen LogP contribution in [0.15, 0.2) is 52.0 Å². The molecule has 1 aromatic heterocycles. The topological polar surface area (TPSA) is 59.1 Å². The van der Waals surface area contributed by atoms with Gasteiger partial charge in [0.2, 0.25) is 9.84 Å². The molecule has 0 unspecified atom stereocenters. The molecular formula is C13H11BrF2N2O2S. The highest BCUT2D eigenvalue weighted by Crippen LogP contribution is 2.20. The molecule has 1 heterocycles. The third-order valence-corrected chi connectivity index (χ3v) is 4.55. The van der Waals surface area contributed by atoms with Crippen LogP contribution in [-0.2, 0) is 16.4 Å². The number of halogens is 3. The standard InChI is InChI=1S/C13H11BrF2N2O2S/c14-9-1-2-11(17-7-9)8-18-10-3-5-12(6-4-10)21(19,20)13(15)16/h1-7,13,18H,8H2. The van der Waals surface area contributed by atoms with Gasteiger partial charge in [0.25, 0.3) is 0 Å². The van der Waals surface area contributed by atoms with E-state index in [4.69, 9.17) is 0 Å². The van der Waals surface area contributed by atoms with Crippen molar-refractivity contribution in [3.05, 3.63) is 52.8 Å². The lowest BCUT2D eigenvalue weighted by Crippen LogP contribution is -2.11. The zero-order valence-electron chi connectivity index (χ0n) is 10.6. The number of benzene rings is 1. The fourth-order valence-electron chi connectivity index (χ4n) is 1.57. The Bertz CT molecular complexity index is 704. The summed E-state index contributed by atoms with van der Waals surface area (Å²) in [6.07, 6.45) is 1.66. The SMILES string of the molecule is O=S(=O)(c1ccc(NCc2ccc(Br)cn2)cc1)C(F)F. The van der Waals surface area contributed by atoms with E-state index >= 15 is 0 Å². The predicted molar refractivity (Wildman–Crippen MR) is 78.9 cm³/mol. The molecule has 0 bridgehead atoms. The molecule has 8 heteroatoms. The molecular weight excluding hydrogens is 366 g/mol. The lowest BCUT2D eigenvalue weighted by atomic mass is 10.3. The summed E-state index contributed by atoms with van der Waals surface area (Å²) in [6.45, 7) is 0.439. The fourth-order valence-corrected chi connectivity index (χ4v) is 2.52. The summed E-state index contributed by atoms with van der Waals surface area (Å²) < 4.78 is 48.2. The van der Waals surface area contributed by atoms with Gasteiger partial charge in [0.05, 0.1) is 17.1 Å². The average Bonchev–Trinajstić information content (AvgIpc) is 2.47. The largest absolute Gasteiger partial charge is 0.379 e. The Morgan fingerprint density at radius 1 is 1.14 bits per heavy atom. The van der Waals surface area contributed by atoms with Crippen molar-refractivity contribution < 1.29 is 17.2 Å². The first-order valence-electron chi connectivity index (χ1n) is 5.86. The van der Waals surface area contributed by atoms with E-state index in [2.05, 4.69) is 26.2 Å². The molecule has 0 aliphatic carbocycles. The zero-order chi connectivity index (χ0) is 15.5. The molecule has 0 saturated heterocycles. The minimum atomic E-state index is -4.54. The van der Waals surface area contributed by atoms with E-state index in [-0.39, 0.29) is 0 Å². The second-order valence-electron chi connectivity index (χ2n) is 4.15. The summed E-state index contributed by atoms with van der Waals surface area (Å²) in [6, 6.07) is 8.86. The average molecular weight is 377 g/mol. The summed E-state index contributed by atoms with van der Waals surface area (Å²) in [5, 5.41) is 3.03. The van der Waals surface area contributed by atoms with Gasteiger partial charge in [-0.2, -0.15) is 8.78 Å². The Labute approximate surface area is 129 Å². The van der Waals surface area contributed by atoms with Crippen molar-refractivity contribution in [2.75, 3.05) is 5.32 Å². The lowest BCUT2D eigenvalue weighted by molar-refractivity contribution is 0.234. The van der Waals surface area contributed by atoms with Crippen LogP contribution in [0.25, 0.3) is 0 Å². The van der Waals surface area contributed by atoms with Crippen LogP contribution in [0.1, 0.15) is 5.69 Å². The quantitative estimate of drug-likeness (QED) is 0.867. The van der Waals surface area contributed by atoms with Gasteiger partial charge in [-0.15, -0.1) is 0 Å². The number of hydrogen-bond donors (Lipinski definition) is 1. The van der Waals surface area contributed by atoms with E-state index in [9.17, 15) is 17.2 Å². The van der Waals surface area contributed by atoms with E-state index in [1.165, 1.54) is 12.1 Å². The summed E-state index contributed by atoms with van der Waals surface area (Å²) in [5.41, 5.74) is 1.41. The van der Waals surface area contributed by atoms with E-state index < -0.39 is 20.5 Å². The third kappa shape index (κ3) is 3.98. The maximum absolute atomic E-state index is 12.4. The number of nitrogens with zero attached hydrogens (tertiary/aromatic N) is 1. The molecule has 0 amide bonds. The second-order valence-corrected chi connectivity index (χ2v) is 6.98. The van der Waals surface area contributed by atoms with Crippen molar-refractivity contribution in [2.24, 2.45) is 0 Å². The third-order valence-electron chi connectivity index (χ3n) is 2.68. The second kappa shape index (κ2) is 6.48. The van der Waals surface area contributed by atoms with Crippen LogP contribution >= 0.6 is 15.9 Å². The van der Waals surface area contributed by atoms with E-state index in [0.29, 0.717) is 12.2 Å². The van der Waals surface area contributed by atoms with Gasteiger partial charge in [-0.1, -0.05) is 0 Å². The van der Waals surface area contributed by atoms with Gasteiger partial charge >= 0.3 is 5.76 Å². The Hall–Kier alpha value is -1.54. The molecule has 0 aliphatic heterocycles. The number of sulfone groups is 1. The molecule has 0 spiro atoms. The van der Waals surface area contributed by atoms with Gasteiger partial charge in [-0.25, -0.2) is 8.42 Å². The summed E-state index contributed by atoms with van der Waals surface area (Å²) >= 11 is 3.28. The van der Waals surface area contributed by atoms with Crippen molar-refractivity contribution in [1.29, 1.82) is 0 Å². The van der Waals surface area contributed by atoms with Gasteiger partial charge in [-0.05, 0) is 52.3 Å².